The van der Waals surface area contributed by atoms with E-state index in [0.29, 0.717) is 18.2 Å². The summed E-state index contributed by atoms with van der Waals surface area (Å²) in [4.78, 5) is 0. The fourth-order valence-electron chi connectivity index (χ4n) is 1.31. The standard InChI is InChI=1S/C11H8F6S/c12-10(13,14)8-3-4-9(11(15,16)17)7(6-8)2-1-5-18/h1-4,6,18H,5H2. The van der Waals surface area contributed by atoms with Crippen molar-refractivity contribution in [1.29, 1.82) is 0 Å². The largest absolute Gasteiger partial charge is 0.416 e. The average Bonchev–Trinajstić information content (AvgIpc) is 2.23. The lowest BCUT2D eigenvalue weighted by molar-refractivity contribution is -0.141. The second kappa shape index (κ2) is 5.26. The third-order valence-corrected chi connectivity index (χ3v) is 2.30. The van der Waals surface area contributed by atoms with Gasteiger partial charge in [0.05, 0.1) is 11.1 Å². The summed E-state index contributed by atoms with van der Waals surface area (Å²) in [6, 6.07) is 1.32. The van der Waals surface area contributed by atoms with Crippen LogP contribution in [0.5, 0.6) is 0 Å². The first kappa shape index (κ1) is 14.9. The quantitative estimate of drug-likeness (QED) is 0.593. The molecule has 0 heterocycles. The van der Waals surface area contributed by atoms with Gasteiger partial charge in [-0.05, 0) is 23.8 Å². The second-order valence-electron chi connectivity index (χ2n) is 3.38. The Bertz CT molecular complexity index is 444. The number of rotatable bonds is 2. The van der Waals surface area contributed by atoms with E-state index in [0.717, 1.165) is 6.08 Å². The molecular formula is C11H8F6S. The van der Waals surface area contributed by atoms with Crippen molar-refractivity contribution in [3.05, 3.63) is 41.0 Å². The highest BCUT2D eigenvalue weighted by atomic mass is 32.1. The smallest absolute Gasteiger partial charge is 0.175 e. The van der Waals surface area contributed by atoms with Gasteiger partial charge in [-0.3, -0.25) is 0 Å². The highest BCUT2D eigenvalue weighted by Crippen LogP contribution is 2.36. The average molecular weight is 286 g/mol. The zero-order valence-corrected chi connectivity index (χ0v) is 9.70. The molecule has 100 valence electrons. The van der Waals surface area contributed by atoms with Crippen LogP contribution in [0.15, 0.2) is 24.3 Å². The van der Waals surface area contributed by atoms with Gasteiger partial charge in [-0.15, -0.1) is 0 Å². The van der Waals surface area contributed by atoms with E-state index in [2.05, 4.69) is 12.6 Å². The first-order valence-corrected chi connectivity index (χ1v) is 5.35. The summed E-state index contributed by atoms with van der Waals surface area (Å²) in [6.45, 7) is 0. The zero-order chi connectivity index (χ0) is 14.0. The summed E-state index contributed by atoms with van der Waals surface area (Å²) in [7, 11) is 0. The number of hydrogen-bond donors (Lipinski definition) is 1. The van der Waals surface area contributed by atoms with Crippen molar-refractivity contribution in [1.82, 2.24) is 0 Å². The fourth-order valence-corrected chi connectivity index (χ4v) is 1.42. The van der Waals surface area contributed by atoms with Crippen LogP contribution < -0.4 is 0 Å². The van der Waals surface area contributed by atoms with Crippen LogP contribution >= 0.6 is 12.6 Å². The molecule has 0 aliphatic rings. The van der Waals surface area contributed by atoms with E-state index < -0.39 is 29.0 Å². The van der Waals surface area contributed by atoms with E-state index in [4.69, 9.17) is 0 Å². The molecule has 0 atom stereocenters. The number of hydrogen-bond acceptors (Lipinski definition) is 1. The van der Waals surface area contributed by atoms with Gasteiger partial charge in [0.1, 0.15) is 0 Å². The Balaban J connectivity index is 3.34. The molecule has 0 aromatic heterocycles. The fraction of sp³-hybridized carbons (Fsp3) is 0.273. The van der Waals surface area contributed by atoms with Crippen LogP contribution in [-0.2, 0) is 12.4 Å². The Morgan fingerprint density at radius 2 is 1.61 bits per heavy atom. The molecule has 1 rings (SSSR count). The Hall–Kier alpha value is -1.11. The van der Waals surface area contributed by atoms with Crippen LogP contribution in [0.25, 0.3) is 6.08 Å². The number of halogens is 6. The van der Waals surface area contributed by atoms with Crippen LogP contribution in [-0.4, -0.2) is 5.75 Å². The summed E-state index contributed by atoms with van der Waals surface area (Å²) >= 11 is 3.75. The lowest BCUT2D eigenvalue weighted by atomic mass is 10.0. The highest BCUT2D eigenvalue weighted by molar-refractivity contribution is 7.80. The number of thiol groups is 1. The maximum atomic E-state index is 12.6. The third kappa shape index (κ3) is 3.69. The molecule has 1 aromatic rings. The summed E-state index contributed by atoms with van der Waals surface area (Å²) < 4.78 is 74.9. The van der Waals surface area contributed by atoms with Crippen molar-refractivity contribution in [2.45, 2.75) is 12.4 Å². The van der Waals surface area contributed by atoms with E-state index in [-0.39, 0.29) is 5.75 Å². The molecule has 0 saturated heterocycles. The minimum atomic E-state index is -4.69. The monoisotopic (exact) mass is 286 g/mol. The molecule has 0 N–H and O–H groups in total. The number of benzene rings is 1. The Labute approximate surface area is 105 Å². The topological polar surface area (TPSA) is 0 Å². The molecule has 0 nitrogen and oxygen atoms in total. The van der Waals surface area contributed by atoms with Crippen LogP contribution in [0, 0.1) is 0 Å². The SMILES string of the molecule is FC(F)(F)c1ccc(C(F)(F)F)c(C=CCS)c1. The molecular weight excluding hydrogens is 278 g/mol. The normalized spacial score (nSPS) is 13.3. The lowest BCUT2D eigenvalue weighted by Crippen LogP contribution is -2.11. The molecule has 0 aliphatic carbocycles. The van der Waals surface area contributed by atoms with E-state index in [9.17, 15) is 26.3 Å². The van der Waals surface area contributed by atoms with Crippen molar-refractivity contribution in [2.24, 2.45) is 0 Å². The number of alkyl halides is 6. The van der Waals surface area contributed by atoms with E-state index in [1.54, 1.807) is 0 Å². The molecule has 0 radical (unpaired) electrons. The summed E-state index contributed by atoms with van der Waals surface area (Å²) in [6.07, 6.45) is -7.15. The maximum Gasteiger partial charge on any atom is 0.416 e. The molecule has 0 aliphatic heterocycles. The molecule has 0 spiro atoms. The Morgan fingerprint density at radius 1 is 1.00 bits per heavy atom. The Morgan fingerprint density at radius 3 is 2.06 bits per heavy atom. The van der Waals surface area contributed by atoms with E-state index in [1.165, 1.54) is 6.08 Å². The van der Waals surface area contributed by atoms with Crippen molar-refractivity contribution in [2.75, 3.05) is 5.75 Å². The first-order chi connectivity index (χ1) is 8.16. The molecule has 18 heavy (non-hydrogen) atoms. The van der Waals surface area contributed by atoms with Crippen LogP contribution in [0.1, 0.15) is 16.7 Å². The summed E-state index contributed by atoms with van der Waals surface area (Å²) in [5, 5.41) is 0. The van der Waals surface area contributed by atoms with Gasteiger partial charge in [0.2, 0.25) is 0 Å². The van der Waals surface area contributed by atoms with Gasteiger partial charge in [0.15, 0.2) is 0 Å². The van der Waals surface area contributed by atoms with Crippen molar-refractivity contribution < 1.29 is 26.3 Å². The first-order valence-electron chi connectivity index (χ1n) is 4.72. The predicted molar refractivity (Wildman–Crippen MR) is 59.3 cm³/mol. The minimum absolute atomic E-state index is 0.132. The molecule has 0 amide bonds. The zero-order valence-electron chi connectivity index (χ0n) is 8.81. The predicted octanol–water partition coefficient (Wildman–Crippen LogP) is 4.67. The lowest BCUT2D eigenvalue weighted by Gasteiger charge is -2.13. The minimum Gasteiger partial charge on any atom is -0.175 e. The molecule has 0 unspecified atom stereocenters. The van der Waals surface area contributed by atoms with E-state index in [1.807, 2.05) is 0 Å². The molecule has 0 bridgehead atoms. The van der Waals surface area contributed by atoms with Gasteiger partial charge in [-0.1, -0.05) is 12.2 Å². The second-order valence-corrected chi connectivity index (χ2v) is 3.75. The van der Waals surface area contributed by atoms with Crippen LogP contribution in [0.2, 0.25) is 0 Å². The van der Waals surface area contributed by atoms with Gasteiger partial charge in [0.25, 0.3) is 0 Å². The summed E-state index contributed by atoms with van der Waals surface area (Å²) in [5.74, 6) is 0.132. The Kier molecular flexibility index (Phi) is 4.37. The van der Waals surface area contributed by atoms with Crippen LogP contribution in [0.3, 0.4) is 0 Å². The van der Waals surface area contributed by atoms with Crippen molar-refractivity contribution in [3.8, 4) is 0 Å². The van der Waals surface area contributed by atoms with Gasteiger partial charge in [0, 0.05) is 5.75 Å². The van der Waals surface area contributed by atoms with Gasteiger partial charge >= 0.3 is 12.4 Å². The van der Waals surface area contributed by atoms with Crippen LogP contribution in [0.4, 0.5) is 26.3 Å². The molecule has 1 aromatic carbocycles. The highest BCUT2D eigenvalue weighted by Gasteiger charge is 2.36. The van der Waals surface area contributed by atoms with E-state index >= 15 is 0 Å². The maximum absolute atomic E-state index is 12.6. The molecule has 0 fully saturated rings. The summed E-state index contributed by atoms with van der Waals surface area (Å²) in [5.41, 5.74) is -2.74. The third-order valence-electron chi connectivity index (χ3n) is 2.09. The molecule has 7 heteroatoms. The van der Waals surface area contributed by atoms with Gasteiger partial charge in [-0.25, -0.2) is 0 Å². The van der Waals surface area contributed by atoms with Crippen molar-refractivity contribution in [3.63, 3.8) is 0 Å². The van der Waals surface area contributed by atoms with Crippen molar-refractivity contribution >= 4 is 18.7 Å². The molecule has 0 saturated carbocycles. The van der Waals surface area contributed by atoms with Gasteiger partial charge in [-0.2, -0.15) is 39.0 Å². The van der Waals surface area contributed by atoms with Gasteiger partial charge < -0.3 is 0 Å².